The van der Waals surface area contributed by atoms with Crippen LogP contribution in [0.1, 0.15) is 54.4 Å². The summed E-state index contributed by atoms with van der Waals surface area (Å²) in [5, 5.41) is 6.71. The van der Waals surface area contributed by atoms with Gasteiger partial charge in [-0.2, -0.15) is 5.10 Å². The van der Waals surface area contributed by atoms with E-state index in [0.717, 1.165) is 19.4 Å². The highest BCUT2D eigenvalue weighted by Crippen LogP contribution is 2.36. The Morgan fingerprint density at radius 1 is 1.22 bits per heavy atom. The van der Waals surface area contributed by atoms with Crippen LogP contribution < -0.4 is 0 Å². The number of rotatable bonds is 5. The third-order valence-corrected chi connectivity index (χ3v) is 5.39. The molecular formula is C17H31BN2O3. The largest absolute Gasteiger partial charge is 0.487 e. The van der Waals surface area contributed by atoms with Gasteiger partial charge in [-0.05, 0) is 60.5 Å². The molecule has 0 amide bonds. The van der Waals surface area contributed by atoms with Gasteiger partial charge in [-0.15, -0.1) is 0 Å². The molecule has 0 aliphatic carbocycles. The molecule has 2 heterocycles. The van der Waals surface area contributed by atoms with Gasteiger partial charge in [-0.3, -0.25) is 5.01 Å². The number of allylic oxidation sites excluding steroid dienone is 1. The average Bonchev–Trinajstić information content (AvgIpc) is 2.98. The molecule has 2 aliphatic rings. The molecule has 2 saturated heterocycles. The van der Waals surface area contributed by atoms with Crippen LogP contribution in [0.25, 0.3) is 0 Å². The molecule has 0 unspecified atom stereocenters. The Labute approximate surface area is 141 Å². The van der Waals surface area contributed by atoms with Crippen molar-refractivity contribution in [3.63, 3.8) is 0 Å². The van der Waals surface area contributed by atoms with E-state index in [1.54, 1.807) is 7.11 Å². The molecule has 2 rings (SSSR count). The summed E-state index contributed by atoms with van der Waals surface area (Å²) in [5.41, 5.74) is -0.799. The Morgan fingerprint density at radius 3 is 2.39 bits per heavy atom. The lowest BCUT2D eigenvalue weighted by atomic mass is 9.90. The predicted molar refractivity (Wildman–Crippen MR) is 94.5 cm³/mol. The quantitative estimate of drug-likeness (QED) is 0.576. The topological polar surface area (TPSA) is 43.3 Å². The molecule has 1 atom stereocenters. The van der Waals surface area contributed by atoms with Crippen molar-refractivity contribution in [2.75, 3.05) is 13.7 Å². The lowest BCUT2D eigenvalue weighted by molar-refractivity contribution is -0.0394. The van der Waals surface area contributed by atoms with E-state index in [0.29, 0.717) is 6.04 Å². The first-order valence-electron chi connectivity index (χ1n) is 8.47. The van der Waals surface area contributed by atoms with Crippen molar-refractivity contribution in [3.05, 3.63) is 12.1 Å². The Morgan fingerprint density at radius 2 is 1.83 bits per heavy atom. The van der Waals surface area contributed by atoms with E-state index in [9.17, 15) is 0 Å². The van der Waals surface area contributed by atoms with Gasteiger partial charge in [-0.1, -0.05) is 5.98 Å². The summed E-state index contributed by atoms with van der Waals surface area (Å²) in [6.07, 6.45) is 5.97. The second-order valence-electron chi connectivity index (χ2n) is 7.90. The molecule has 0 saturated carbocycles. The molecule has 0 radical (unpaired) electrons. The van der Waals surface area contributed by atoms with Crippen molar-refractivity contribution in [3.8, 4) is 0 Å². The summed E-state index contributed by atoms with van der Waals surface area (Å²) in [6, 6.07) is 0.314. The molecule has 2 aliphatic heterocycles. The molecule has 0 spiro atoms. The number of hydrogen-bond acceptors (Lipinski definition) is 5. The minimum atomic E-state index is -0.323. The monoisotopic (exact) mass is 322 g/mol. The van der Waals surface area contributed by atoms with Gasteiger partial charge in [-0.25, -0.2) is 0 Å². The maximum atomic E-state index is 5.92. The van der Waals surface area contributed by atoms with Crippen LogP contribution in [0.3, 0.4) is 0 Å². The van der Waals surface area contributed by atoms with Crippen molar-refractivity contribution < 1.29 is 14.0 Å². The fourth-order valence-corrected chi connectivity index (χ4v) is 2.96. The van der Waals surface area contributed by atoms with Crippen LogP contribution in [0.5, 0.6) is 0 Å². The normalized spacial score (nSPS) is 27.7. The van der Waals surface area contributed by atoms with E-state index >= 15 is 0 Å². The highest BCUT2D eigenvalue weighted by Gasteiger charge is 2.50. The SMILES string of the molecule is COC(C)(C)[C@H]1CCCN1/N=C/C=C/B1OC(C)(C)C(C)(C)O1. The summed E-state index contributed by atoms with van der Waals surface area (Å²) in [7, 11) is 1.44. The lowest BCUT2D eigenvalue weighted by Gasteiger charge is -2.34. The summed E-state index contributed by atoms with van der Waals surface area (Å²) >= 11 is 0. The Bertz CT molecular complexity index is 458. The number of methoxy groups -OCH3 is 1. The fraction of sp³-hybridized carbons (Fsp3) is 0.824. The molecule has 0 aromatic carbocycles. The number of hydrazone groups is 1. The van der Waals surface area contributed by atoms with Gasteiger partial charge in [0.05, 0.1) is 22.8 Å². The standard InChI is InChI=1S/C17H31BN2O3/c1-15(2,21-7)14-10-8-13-20(14)19-12-9-11-18-22-16(3,4)17(5,6)23-18/h9,11-12,14H,8,10,13H2,1-7H3/b11-9+,19-12+/t14-/m1/s1. The zero-order valence-electron chi connectivity index (χ0n) is 15.6. The second-order valence-corrected chi connectivity index (χ2v) is 7.90. The first kappa shape index (κ1) is 18.5. The second kappa shape index (κ2) is 6.57. The van der Waals surface area contributed by atoms with Crippen molar-refractivity contribution in [2.24, 2.45) is 5.10 Å². The third-order valence-electron chi connectivity index (χ3n) is 5.39. The zero-order valence-corrected chi connectivity index (χ0v) is 15.6. The van der Waals surface area contributed by atoms with E-state index in [2.05, 4.69) is 51.7 Å². The number of nitrogens with zero attached hydrogens (tertiary/aromatic N) is 2. The maximum Gasteiger partial charge on any atom is 0.487 e. The minimum absolute atomic E-state index is 0.191. The molecule has 0 aromatic heterocycles. The van der Waals surface area contributed by atoms with Gasteiger partial charge in [0, 0.05) is 19.9 Å². The van der Waals surface area contributed by atoms with Crippen molar-refractivity contribution in [2.45, 2.75) is 77.2 Å². The summed E-state index contributed by atoms with van der Waals surface area (Å²) in [6.45, 7) is 13.4. The summed E-state index contributed by atoms with van der Waals surface area (Å²) in [5.74, 6) is 1.91. The van der Waals surface area contributed by atoms with Crippen LogP contribution in [0.15, 0.2) is 17.2 Å². The van der Waals surface area contributed by atoms with Gasteiger partial charge in [0.25, 0.3) is 0 Å². The van der Waals surface area contributed by atoms with Crippen LogP contribution in [-0.2, 0) is 14.0 Å². The van der Waals surface area contributed by atoms with Gasteiger partial charge in [0.2, 0.25) is 0 Å². The summed E-state index contributed by atoms with van der Waals surface area (Å²) < 4.78 is 17.5. The summed E-state index contributed by atoms with van der Waals surface area (Å²) in [4.78, 5) is 0. The van der Waals surface area contributed by atoms with Gasteiger partial charge in [0.1, 0.15) is 0 Å². The molecule has 130 valence electrons. The smallest absolute Gasteiger partial charge is 0.400 e. The molecular weight excluding hydrogens is 291 g/mol. The van der Waals surface area contributed by atoms with E-state index in [1.165, 1.54) is 0 Å². The molecule has 0 N–H and O–H groups in total. The van der Waals surface area contributed by atoms with Crippen molar-refractivity contribution >= 4 is 13.3 Å². The molecule has 0 aromatic rings. The van der Waals surface area contributed by atoms with Gasteiger partial charge >= 0.3 is 7.12 Å². The first-order chi connectivity index (χ1) is 10.6. The van der Waals surface area contributed by atoms with Crippen LogP contribution in [0.2, 0.25) is 0 Å². The molecule has 23 heavy (non-hydrogen) atoms. The highest BCUT2D eigenvalue weighted by molar-refractivity contribution is 6.52. The Hall–Kier alpha value is -0.845. The van der Waals surface area contributed by atoms with E-state index < -0.39 is 0 Å². The zero-order chi connectivity index (χ0) is 17.3. The van der Waals surface area contributed by atoms with Crippen LogP contribution >= 0.6 is 0 Å². The highest BCUT2D eigenvalue weighted by atomic mass is 16.7. The third kappa shape index (κ3) is 3.98. The lowest BCUT2D eigenvalue weighted by Crippen LogP contribution is -2.44. The minimum Gasteiger partial charge on any atom is -0.400 e. The van der Waals surface area contributed by atoms with E-state index in [-0.39, 0.29) is 23.9 Å². The Balaban J connectivity index is 1.92. The molecule has 0 bridgehead atoms. The molecule has 6 heteroatoms. The van der Waals surface area contributed by atoms with Crippen LogP contribution in [0, 0.1) is 0 Å². The first-order valence-corrected chi connectivity index (χ1v) is 8.47. The van der Waals surface area contributed by atoms with Gasteiger partial charge < -0.3 is 14.0 Å². The van der Waals surface area contributed by atoms with Crippen molar-refractivity contribution in [1.29, 1.82) is 0 Å². The Kier molecular flexibility index (Phi) is 5.29. The van der Waals surface area contributed by atoms with Crippen molar-refractivity contribution in [1.82, 2.24) is 5.01 Å². The van der Waals surface area contributed by atoms with Crippen LogP contribution in [0.4, 0.5) is 0 Å². The number of ether oxygens (including phenoxy) is 1. The average molecular weight is 322 g/mol. The fourth-order valence-electron chi connectivity index (χ4n) is 2.96. The molecule has 2 fully saturated rings. The van der Waals surface area contributed by atoms with E-state index in [4.69, 9.17) is 14.0 Å². The van der Waals surface area contributed by atoms with E-state index in [1.807, 2.05) is 18.3 Å². The molecule has 5 nitrogen and oxygen atoms in total. The number of hydrogen-bond donors (Lipinski definition) is 0. The van der Waals surface area contributed by atoms with Gasteiger partial charge in [0.15, 0.2) is 0 Å². The maximum absolute atomic E-state index is 5.92. The van der Waals surface area contributed by atoms with Crippen LogP contribution in [-0.4, -0.2) is 54.8 Å². The predicted octanol–water partition coefficient (Wildman–Crippen LogP) is 3.05.